The normalized spacial score (nSPS) is 11.8. The molecule has 0 bridgehead atoms. The van der Waals surface area contributed by atoms with Crippen LogP contribution in [0.3, 0.4) is 0 Å². The third-order valence-electron chi connectivity index (χ3n) is 5.74. The fraction of sp³-hybridized carbons (Fsp3) is 0.214. The molecular weight excluding hydrogens is 487 g/mol. The second-order valence-corrected chi connectivity index (χ2v) is 9.02. The molecule has 0 aliphatic carbocycles. The number of methoxy groups -OCH3 is 1. The van der Waals surface area contributed by atoms with Gasteiger partial charge in [0.05, 0.1) is 18.4 Å². The summed E-state index contributed by atoms with van der Waals surface area (Å²) >= 11 is 0. The van der Waals surface area contributed by atoms with Crippen LogP contribution in [0.1, 0.15) is 42.1 Å². The molecule has 0 amide bonds. The summed E-state index contributed by atoms with van der Waals surface area (Å²) < 4.78 is 24.3. The van der Waals surface area contributed by atoms with Crippen molar-refractivity contribution in [2.24, 2.45) is 0 Å². The number of aromatic nitrogens is 3. The molecule has 4 rings (SSSR count). The lowest BCUT2D eigenvalue weighted by Gasteiger charge is -2.21. The van der Waals surface area contributed by atoms with Crippen molar-refractivity contribution in [3.8, 4) is 5.75 Å². The SMILES string of the molecule is COc1ccc(CNc2nc(C(=N)/C=C(\NCc3ccccc3F)c3ccon3)ncc2C(C)(C)O)cc1. The van der Waals surface area contributed by atoms with Gasteiger partial charge in [-0.25, -0.2) is 14.4 Å². The van der Waals surface area contributed by atoms with Gasteiger partial charge in [-0.05, 0) is 43.7 Å². The van der Waals surface area contributed by atoms with Crippen molar-refractivity contribution < 1.29 is 18.8 Å². The lowest BCUT2D eigenvalue weighted by Crippen LogP contribution is -2.21. The second-order valence-electron chi connectivity index (χ2n) is 9.02. The predicted molar refractivity (Wildman–Crippen MR) is 142 cm³/mol. The topological polar surface area (TPSA) is 129 Å². The first-order valence-corrected chi connectivity index (χ1v) is 11.9. The smallest absolute Gasteiger partial charge is 0.179 e. The number of ether oxygens (including phenoxy) is 1. The third kappa shape index (κ3) is 6.60. The molecule has 0 saturated carbocycles. The molecule has 0 fully saturated rings. The Morgan fingerprint density at radius 2 is 1.89 bits per heavy atom. The van der Waals surface area contributed by atoms with Crippen LogP contribution in [-0.4, -0.2) is 33.1 Å². The maximum absolute atomic E-state index is 14.1. The monoisotopic (exact) mass is 516 g/mol. The van der Waals surface area contributed by atoms with Crippen molar-refractivity contribution in [3.63, 3.8) is 0 Å². The zero-order valence-corrected chi connectivity index (χ0v) is 21.3. The Balaban J connectivity index is 1.59. The summed E-state index contributed by atoms with van der Waals surface area (Å²) in [7, 11) is 1.61. The molecule has 0 radical (unpaired) electrons. The van der Waals surface area contributed by atoms with Crippen LogP contribution in [0.5, 0.6) is 5.75 Å². The van der Waals surface area contributed by atoms with Crippen LogP contribution in [0.15, 0.2) is 77.7 Å². The van der Waals surface area contributed by atoms with Gasteiger partial charge < -0.3 is 25.0 Å². The van der Waals surface area contributed by atoms with E-state index < -0.39 is 5.60 Å². The summed E-state index contributed by atoms with van der Waals surface area (Å²) in [5.74, 6) is 0.942. The number of nitrogens with one attached hydrogen (secondary N) is 3. The van der Waals surface area contributed by atoms with E-state index in [0.29, 0.717) is 34.9 Å². The van der Waals surface area contributed by atoms with Crippen molar-refractivity contribution in [1.82, 2.24) is 20.4 Å². The minimum absolute atomic E-state index is 0.0150. The predicted octanol–water partition coefficient (Wildman–Crippen LogP) is 4.65. The molecule has 0 aliphatic heterocycles. The van der Waals surface area contributed by atoms with E-state index in [1.807, 2.05) is 24.3 Å². The number of benzene rings is 2. The molecule has 2 aromatic carbocycles. The lowest BCUT2D eigenvalue weighted by atomic mass is 10.0. The Hall–Kier alpha value is -4.57. The standard InChI is InChI=1S/C28H29FN6O3/c1-28(2,36)21-17-33-27(34-26(21)32-15-18-8-10-20(37-3)11-9-18)23(30)14-25(24-12-13-38-35-24)31-16-19-6-4-5-7-22(19)29/h4-14,17,30-31,36H,15-16H2,1-3H3,(H,32,33,34)/b25-14-,30-23?. The van der Waals surface area contributed by atoms with E-state index in [-0.39, 0.29) is 23.9 Å². The van der Waals surface area contributed by atoms with E-state index >= 15 is 0 Å². The number of allylic oxidation sites excluding steroid dienone is 1. The average Bonchev–Trinajstić information content (AvgIpc) is 3.45. The maximum atomic E-state index is 14.1. The van der Waals surface area contributed by atoms with E-state index in [2.05, 4.69) is 25.8 Å². The lowest BCUT2D eigenvalue weighted by molar-refractivity contribution is 0.0786. The quantitative estimate of drug-likeness (QED) is 0.212. The number of hydrogen-bond donors (Lipinski definition) is 4. The summed E-state index contributed by atoms with van der Waals surface area (Å²) in [5.41, 5.74) is 1.58. The molecule has 196 valence electrons. The number of hydrogen-bond acceptors (Lipinski definition) is 9. The van der Waals surface area contributed by atoms with Gasteiger partial charge in [0.25, 0.3) is 0 Å². The molecular formula is C28H29FN6O3. The minimum Gasteiger partial charge on any atom is -0.497 e. The van der Waals surface area contributed by atoms with Gasteiger partial charge in [0.15, 0.2) is 5.82 Å². The number of rotatable bonds is 11. The van der Waals surface area contributed by atoms with Crippen molar-refractivity contribution in [3.05, 3.63) is 107 Å². The van der Waals surface area contributed by atoms with Gasteiger partial charge >= 0.3 is 0 Å². The molecule has 4 aromatic rings. The van der Waals surface area contributed by atoms with Crippen LogP contribution in [-0.2, 0) is 18.7 Å². The van der Waals surface area contributed by atoms with Gasteiger partial charge in [0.1, 0.15) is 35.1 Å². The highest BCUT2D eigenvalue weighted by atomic mass is 19.1. The van der Waals surface area contributed by atoms with Gasteiger partial charge in [0.2, 0.25) is 0 Å². The molecule has 38 heavy (non-hydrogen) atoms. The van der Waals surface area contributed by atoms with Crippen LogP contribution in [0, 0.1) is 11.2 Å². The Morgan fingerprint density at radius 3 is 2.55 bits per heavy atom. The van der Waals surface area contributed by atoms with Gasteiger partial charge in [-0.1, -0.05) is 35.5 Å². The highest BCUT2D eigenvalue weighted by Crippen LogP contribution is 2.26. The molecule has 0 saturated heterocycles. The molecule has 0 spiro atoms. The van der Waals surface area contributed by atoms with Crippen LogP contribution < -0.4 is 15.4 Å². The third-order valence-corrected chi connectivity index (χ3v) is 5.74. The number of anilines is 1. The Morgan fingerprint density at radius 1 is 1.13 bits per heavy atom. The molecule has 2 aromatic heterocycles. The first kappa shape index (κ1) is 26.5. The maximum Gasteiger partial charge on any atom is 0.179 e. The summed E-state index contributed by atoms with van der Waals surface area (Å²) in [6, 6.07) is 15.6. The molecule has 2 heterocycles. The van der Waals surface area contributed by atoms with E-state index in [4.69, 9.17) is 14.7 Å². The summed E-state index contributed by atoms with van der Waals surface area (Å²) in [6.45, 7) is 3.89. The van der Waals surface area contributed by atoms with E-state index in [1.54, 1.807) is 45.2 Å². The highest BCUT2D eigenvalue weighted by molar-refractivity contribution is 6.07. The van der Waals surface area contributed by atoms with Gasteiger partial charge in [0, 0.05) is 36.5 Å². The zero-order chi connectivity index (χ0) is 27.1. The van der Waals surface area contributed by atoms with Crippen molar-refractivity contribution >= 4 is 17.2 Å². The fourth-order valence-corrected chi connectivity index (χ4v) is 3.63. The van der Waals surface area contributed by atoms with Crippen molar-refractivity contribution in [2.45, 2.75) is 32.5 Å². The Bertz CT molecular complexity index is 1410. The Labute approximate surface area is 219 Å². The van der Waals surface area contributed by atoms with Crippen LogP contribution in [0.25, 0.3) is 5.70 Å². The van der Waals surface area contributed by atoms with Crippen LogP contribution in [0.4, 0.5) is 10.2 Å². The minimum atomic E-state index is -1.22. The Kier molecular flexibility index (Phi) is 8.12. The zero-order valence-electron chi connectivity index (χ0n) is 21.3. The first-order chi connectivity index (χ1) is 18.2. The first-order valence-electron chi connectivity index (χ1n) is 11.9. The molecule has 0 atom stereocenters. The molecule has 0 aliphatic rings. The summed E-state index contributed by atoms with van der Waals surface area (Å²) in [4.78, 5) is 8.87. The van der Waals surface area contributed by atoms with Gasteiger partial charge in [-0.3, -0.25) is 5.41 Å². The molecule has 0 unspecified atom stereocenters. The largest absolute Gasteiger partial charge is 0.497 e. The number of halogens is 1. The van der Waals surface area contributed by atoms with Crippen LogP contribution >= 0.6 is 0 Å². The van der Waals surface area contributed by atoms with Crippen molar-refractivity contribution in [1.29, 1.82) is 5.41 Å². The van der Waals surface area contributed by atoms with E-state index in [9.17, 15) is 9.50 Å². The van der Waals surface area contributed by atoms with Crippen molar-refractivity contribution in [2.75, 3.05) is 12.4 Å². The van der Waals surface area contributed by atoms with Gasteiger partial charge in [-0.2, -0.15) is 0 Å². The fourth-order valence-electron chi connectivity index (χ4n) is 3.63. The second kappa shape index (κ2) is 11.7. The average molecular weight is 517 g/mol. The summed E-state index contributed by atoms with van der Waals surface area (Å²) in [6.07, 6.45) is 4.42. The molecule has 9 nitrogen and oxygen atoms in total. The van der Waals surface area contributed by atoms with E-state index in [1.165, 1.54) is 24.6 Å². The van der Waals surface area contributed by atoms with Crippen LogP contribution in [0.2, 0.25) is 0 Å². The molecule has 4 N–H and O–H groups in total. The summed E-state index contributed by atoms with van der Waals surface area (Å²) in [5, 5.41) is 29.7. The highest BCUT2D eigenvalue weighted by Gasteiger charge is 2.23. The number of aliphatic hydroxyl groups is 1. The number of nitrogens with zero attached hydrogens (tertiary/aromatic N) is 3. The van der Waals surface area contributed by atoms with Gasteiger partial charge in [-0.15, -0.1) is 0 Å². The van der Waals surface area contributed by atoms with E-state index in [0.717, 1.165) is 11.3 Å². The molecule has 10 heteroatoms.